The summed E-state index contributed by atoms with van der Waals surface area (Å²) in [6.45, 7) is 7.49. The van der Waals surface area contributed by atoms with E-state index < -0.39 is 10.0 Å². The molecule has 0 amide bonds. The first kappa shape index (κ1) is 28.9. The third-order valence-electron chi connectivity index (χ3n) is 6.57. The Balaban J connectivity index is 0.000000183. The maximum Gasteiger partial charge on any atom is 0.240 e. The number of hydrogen-bond acceptors (Lipinski definition) is 8. The second kappa shape index (κ2) is 12.8. The molecule has 39 heavy (non-hydrogen) atoms. The topological polar surface area (TPSA) is 123 Å². The molecule has 0 spiro atoms. The number of benzene rings is 3. The zero-order chi connectivity index (χ0) is 28.0. The minimum atomic E-state index is -3.37. The average Bonchev–Trinajstić information content (AvgIpc) is 3.43. The highest BCUT2D eigenvalue weighted by molar-refractivity contribution is 9.10. The molecule has 3 N–H and O–H groups in total. The van der Waals surface area contributed by atoms with Gasteiger partial charge in [0.1, 0.15) is 11.3 Å². The zero-order valence-electron chi connectivity index (χ0n) is 22.3. The first-order valence-electron chi connectivity index (χ1n) is 12.7. The molecule has 4 aromatic rings. The molecule has 0 atom stereocenters. The lowest BCUT2D eigenvalue weighted by Crippen LogP contribution is -2.33. The van der Waals surface area contributed by atoms with Crippen molar-refractivity contribution in [3.8, 4) is 16.9 Å². The van der Waals surface area contributed by atoms with E-state index in [0.717, 1.165) is 57.6 Å². The number of rotatable bonds is 7. The summed E-state index contributed by atoms with van der Waals surface area (Å²) in [6.07, 6.45) is 2.44. The number of nitrogens with two attached hydrogens (primary N) is 1. The van der Waals surface area contributed by atoms with Crippen LogP contribution in [0.25, 0.3) is 22.2 Å². The van der Waals surface area contributed by atoms with Crippen LogP contribution >= 0.6 is 15.9 Å². The number of hydrogen-bond donors (Lipinski definition) is 2. The minimum Gasteiger partial charge on any atom is -0.497 e. The van der Waals surface area contributed by atoms with Crippen LogP contribution in [-0.4, -0.2) is 61.8 Å². The van der Waals surface area contributed by atoms with Gasteiger partial charge in [-0.1, -0.05) is 22.0 Å². The van der Waals surface area contributed by atoms with E-state index in [4.69, 9.17) is 10.5 Å². The van der Waals surface area contributed by atoms with E-state index in [9.17, 15) is 8.42 Å². The number of aryl methyl sites for hydroxylation is 2. The Bertz CT molecular complexity index is 1540. The summed E-state index contributed by atoms with van der Waals surface area (Å²) >= 11 is 3.29. The Labute approximate surface area is 238 Å². The van der Waals surface area contributed by atoms with Crippen molar-refractivity contribution < 1.29 is 13.2 Å². The summed E-state index contributed by atoms with van der Waals surface area (Å²) in [5, 5.41) is 7.96. The molecule has 0 aliphatic carbocycles. The third-order valence-corrected chi connectivity index (χ3v) is 8.57. The molecule has 0 bridgehead atoms. The first-order chi connectivity index (χ1) is 18.7. The van der Waals surface area contributed by atoms with Crippen LogP contribution in [-0.2, 0) is 10.0 Å². The number of sulfonamides is 1. The summed E-state index contributed by atoms with van der Waals surface area (Å²) in [5.74, 6) is 1.02. The molecule has 9 nitrogen and oxygen atoms in total. The third kappa shape index (κ3) is 7.51. The molecule has 206 valence electrons. The van der Waals surface area contributed by atoms with Crippen LogP contribution in [0, 0.1) is 13.8 Å². The van der Waals surface area contributed by atoms with Crippen molar-refractivity contribution in [3.05, 3.63) is 70.2 Å². The molecule has 2 heterocycles. The van der Waals surface area contributed by atoms with E-state index in [2.05, 4.69) is 53.7 Å². The molecule has 0 radical (unpaired) electrons. The number of nitrogen functional groups attached to an aromatic ring is 1. The van der Waals surface area contributed by atoms with Gasteiger partial charge >= 0.3 is 0 Å². The number of nitrogens with zero attached hydrogens (tertiary/aromatic N) is 4. The Morgan fingerprint density at radius 2 is 1.72 bits per heavy atom. The Morgan fingerprint density at radius 1 is 1.00 bits per heavy atom. The van der Waals surface area contributed by atoms with Crippen molar-refractivity contribution in [1.29, 1.82) is 0 Å². The van der Waals surface area contributed by atoms with Crippen LogP contribution in [0.3, 0.4) is 0 Å². The van der Waals surface area contributed by atoms with Crippen LogP contribution in [0.15, 0.2) is 64.0 Å². The van der Waals surface area contributed by atoms with Gasteiger partial charge in [-0.05, 0) is 111 Å². The lowest BCUT2D eigenvalue weighted by molar-refractivity contribution is 0.344. The van der Waals surface area contributed by atoms with Gasteiger partial charge in [-0.15, -0.1) is 10.2 Å². The Morgan fingerprint density at radius 3 is 2.41 bits per heavy atom. The maximum atomic E-state index is 12.0. The highest BCUT2D eigenvalue weighted by atomic mass is 79.9. The predicted octanol–water partition coefficient (Wildman–Crippen LogP) is 4.72. The van der Waals surface area contributed by atoms with Crippen LogP contribution in [0.4, 0.5) is 5.95 Å². The summed E-state index contributed by atoms with van der Waals surface area (Å²) in [6, 6.07) is 16.7. The molecule has 1 saturated heterocycles. The van der Waals surface area contributed by atoms with Crippen molar-refractivity contribution in [2.45, 2.75) is 31.6 Å². The van der Waals surface area contributed by atoms with E-state index in [-0.39, 0.29) is 5.95 Å². The van der Waals surface area contributed by atoms with Gasteiger partial charge in [0.2, 0.25) is 16.0 Å². The van der Waals surface area contributed by atoms with Crippen molar-refractivity contribution in [3.63, 3.8) is 0 Å². The molecule has 0 unspecified atom stereocenters. The molecule has 11 heteroatoms. The van der Waals surface area contributed by atoms with E-state index in [1.165, 1.54) is 18.4 Å². The summed E-state index contributed by atoms with van der Waals surface area (Å²) in [4.78, 5) is 6.84. The second-order valence-corrected chi connectivity index (χ2v) is 12.1. The number of likely N-dealkylation sites (tertiary alicyclic amines) is 1. The number of ether oxygens (including phenoxy) is 1. The molecule has 1 fully saturated rings. The number of fused-ring (bicyclic) bond motifs is 1. The van der Waals surface area contributed by atoms with Gasteiger partial charge in [-0.3, -0.25) is 0 Å². The smallest absolute Gasteiger partial charge is 0.240 e. The van der Waals surface area contributed by atoms with Crippen molar-refractivity contribution >= 4 is 42.9 Å². The largest absolute Gasteiger partial charge is 0.497 e. The Kier molecular flexibility index (Phi) is 9.49. The van der Waals surface area contributed by atoms with Gasteiger partial charge in [0, 0.05) is 17.6 Å². The normalized spacial score (nSPS) is 13.7. The van der Waals surface area contributed by atoms with Gasteiger partial charge in [-0.25, -0.2) is 18.1 Å². The van der Waals surface area contributed by atoms with Gasteiger partial charge < -0.3 is 15.4 Å². The number of anilines is 1. The van der Waals surface area contributed by atoms with Gasteiger partial charge in [0.25, 0.3) is 0 Å². The van der Waals surface area contributed by atoms with Gasteiger partial charge in [0.15, 0.2) is 0 Å². The number of halogens is 1. The second-order valence-electron chi connectivity index (χ2n) is 9.41. The fraction of sp³-hybridized carbons (Fsp3) is 0.321. The summed E-state index contributed by atoms with van der Waals surface area (Å²) in [7, 11) is -1.70. The zero-order valence-corrected chi connectivity index (χ0v) is 24.7. The monoisotopic (exact) mass is 612 g/mol. The van der Waals surface area contributed by atoms with Gasteiger partial charge in [0.05, 0.1) is 17.5 Å². The van der Waals surface area contributed by atoms with Crippen molar-refractivity contribution in [2.24, 2.45) is 0 Å². The highest BCUT2D eigenvalue weighted by Crippen LogP contribution is 2.30. The lowest BCUT2D eigenvalue weighted by atomic mass is 9.98. The van der Waals surface area contributed by atoms with E-state index in [1.807, 2.05) is 31.2 Å². The SMILES string of the molecule is COc1ccc(C)c(-c2cc(C)c3nc(N)nnc3c2)c1.O=S(=O)(NCCN1CCCC1)c1ccc(Br)cc1. The van der Waals surface area contributed by atoms with Crippen LogP contribution < -0.4 is 15.2 Å². The van der Waals surface area contributed by atoms with Crippen molar-refractivity contribution in [1.82, 2.24) is 24.8 Å². The standard InChI is InChI=1S/C16H16N4O.C12H17BrN2O2S/c1-9-4-5-12(21-3)8-13(9)11-6-10(2)15-14(7-11)19-20-16(17)18-15;13-11-3-5-12(6-4-11)18(16,17)14-7-10-15-8-1-2-9-15/h4-8H,1-3H3,(H2,17,18,20);3-6,14H,1-2,7-10H2. The molecule has 1 aliphatic rings. The summed E-state index contributed by atoms with van der Waals surface area (Å²) in [5.41, 5.74) is 11.5. The van der Waals surface area contributed by atoms with E-state index in [0.29, 0.717) is 11.4 Å². The number of nitrogens with one attached hydrogen (secondary N) is 1. The molecular weight excluding hydrogens is 580 g/mol. The average molecular weight is 614 g/mol. The summed E-state index contributed by atoms with van der Waals surface area (Å²) < 4.78 is 32.8. The highest BCUT2D eigenvalue weighted by Gasteiger charge is 2.15. The molecule has 1 aliphatic heterocycles. The van der Waals surface area contributed by atoms with Crippen molar-refractivity contribution in [2.75, 3.05) is 39.0 Å². The van der Waals surface area contributed by atoms with Gasteiger partial charge in [-0.2, -0.15) is 0 Å². The van der Waals surface area contributed by atoms with E-state index in [1.54, 1.807) is 31.4 Å². The van der Waals surface area contributed by atoms with Crippen LogP contribution in [0.1, 0.15) is 24.0 Å². The first-order valence-corrected chi connectivity index (χ1v) is 15.0. The molecular formula is C28H33BrN6O3S. The molecule has 0 saturated carbocycles. The molecule has 1 aromatic heterocycles. The number of aromatic nitrogens is 3. The minimum absolute atomic E-state index is 0.191. The quantitative estimate of drug-likeness (QED) is 0.307. The molecule has 5 rings (SSSR count). The lowest BCUT2D eigenvalue weighted by Gasteiger charge is -2.14. The van der Waals surface area contributed by atoms with Crippen LogP contribution in [0.2, 0.25) is 0 Å². The predicted molar refractivity (Wildman–Crippen MR) is 158 cm³/mol. The fourth-order valence-electron chi connectivity index (χ4n) is 4.46. The van der Waals surface area contributed by atoms with Crippen LogP contribution in [0.5, 0.6) is 5.75 Å². The maximum absolute atomic E-state index is 12.0. The molecule has 3 aromatic carbocycles. The Hall–Kier alpha value is -3.12. The van der Waals surface area contributed by atoms with E-state index >= 15 is 0 Å². The number of methoxy groups -OCH3 is 1. The fourth-order valence-corrected chi connectivity index (χ4v) is 5.75.